The standard InChI is InChI=1S/C22H25N3O3S/c1-29(27,28)25-9-6-20(7-10-25)24-22-13-19(12-18-5-8-23-14-21(18)22)17-4-2-3-16(11-17)15-26/h2-5,8,11-14,20,24,26H,6-7,9-10,15H2,1H3. The largest absolute Gasteiger partial charge is 0.392 e. The Labute approximate surface area is 171 Å². The van der Waals surface area contributed by atoms with Crippen LogP contribution in [0.25, 0.3) is 21.9 Å². The Morgan fingerprint density at radius 2 is 1.93 bits per heavy atom. The van der Waals surface area contributed by atoms with Crippen LogP contribution in [0.3, 0.4) is 0 Å². The summed E-state index contributed by atoms with van der Waals surface area (Å²) in [5.74, 6) is 0. The third-order valence-electron chi connectivity index (χ3n) is 5.48. The molecule has 0 amide bonds. The third-order valence-corrected chi connectivity index (χ3v) is 6.78. The molecular formula is C22H25N3O3S. The highest BCUT2D eigenvalue weighted by molar-refractivity contribution is 7.88. The molecule has 1 fully saturated rings. The predicted molar refractivity (Wildman–Crippen MR) is 116 cm³/mol. The number of aliphatic hydroxyl groups is 1. The summed E-state index contributed by atoms with van der Waals surface area (Å²) in [6.45, 7) is 1.07. The molecule has 6 nitrogen and oxygen atoms in total. The number of anilines is 1. The number of fused-ring (bicyclic) bond motifs is 1. The molecule has 0 radical (unpaired) electrons. The van der Waals surface area contributed by atoms with Crippen LogP contribution >= 0.6 is 0 Å². The Morgan fingerprint density at radius 3 is 2.66 bits per heavy atom. The van der Waals surface area contributed by atoms with E-state index in [0.29, 0.717) is 13.1 Å². The lowest BCUT2D eigenvalue weighted by molar-refractivity contribution is 0.282. The van der Waals surface area contributed by atoms with E-state index in [0.717, 1.165) is 46.0 Å². The fraction of sp³-hybridized carbons (Fsp3) is 0.318. The lowest BCUT2D eigenvalue weighted by Crippen LogP contribution is -2.41. The highest BCUT2D eigenvalue weighted by Gasteiger charge is 2.25. The Balaban J connectivity index is 1.65. The SMILES string of the molecule is CS(=O)(=O)N1CCC(Nc2cc(-c3cccc(CO)c3)cc3ccncc23)CC1. The molecule has 29 heavy (non-hydrogen) atoms. The number of nitrogens with zero attached hydrogens (tertiary/aromatic N) is 2. The van der Waals surface area contributed by atoms with Gasteiger partial charge >= 0.3 is 0 Å². The van der Waals surface area contributed by atoms with Crippen LogP contribution in [0.2, 0.25) is 0 Å². The lowest BCUT2D eigenvalue weighted by atomic mass is 9.98. The Kier molecular flexibility index (Phi) is 5.54. The normalized spacial score (nSPS) is 16.2. The molecule has 1 aliphatic rings. The fourth-order valence-corrected chi connectivity index (χ4v) is 4.76. The quantitative estimate of drug-likeness (QED) is 0.674. The first kappa shape index (κ1) is 19.8. The molecule has 3 aromatic rings. The van der Waals surface area contributed by atoms with Gasteiger partial charge in [-0.05, 0) is 59.2 Å². The van der Waals surface area contributed by atoms with Crippen molar-refractivity contribution in [3.63, 3.8) is 0 Å². The maximum atomic E-state index is 11.8. The first-order valence-corrected chi connectivity index (χ1v) is 11.6. The number of aromatic nitrogens is 1. The minimum atomic E-state index is -3.13. The summed E-state index contributed by atoms with van der Waals surface area (Å²) in [7, 11) is -3.13. The summed E-state index contributed by atoms with van der Waals surface area (Å²) < 4.78 is 25.1. The molecule has 0 aliphatic carbocycles. The topological polar surface area (TPSA) is 82.5 Å². The van der Waals surface area contributed by atoms with Crippen LogP contribution in [-0.2, 0) is 16.6 Å². The van der Waals surface area contributed by atoms with Gasteiger partial charge in [-0.15, -0.1) is 0 Å². The maximum absolute atomic E-state index is 11.8. The van der Waals surface area contributed by atoms with E-state index in [4.69, 9.17) is 0 Å². The summed E-state index contributed by atoms with van der Waals surface area (Å²) in [5.41, 5.74) is 3.98. The maximum Gasteiger partial charge on any atom is 0.211 e. The van der Waals surface area contributed by atoms with Gasteiger partial charge < -0.3 is 10.4 Å². The van der Waals surface area contributed by atoms with Gasteiger partial charge in [0, 0.05) is 42.6 Å². The Morgan fingerprint density at radius 1 is 1.14 bits per heavy atom. The molecular weight excluding hydrogens is 386 g/mol. The molecule has 1 saturated heterocycles. The van der Waals surface area contributed by atoms with Gasteiger partial charge in [0.05, 0.1) is 12.9 Å². The van der Waals surface area contributed by atoms with Gasteiger partial charge in [-0.2, -0.15) is 0 Å². The first-order valence-electron chi connectivity index (χ1n) is 9.73. The van der Waals surface area contributed by atoms with Crippen LogP contribution in [0.1, 0.15) is 18.4 Å². The van der Waals surface area contributed by atoms with E-state index < -0.39 is 10.0 Å². The van der Waals surface area contributed by atoms with E-state index in [-0.39, 0.29) is 12.6 Å². The van der Waals surface area contributed by atoms with E-state index in [2.05, 4.69) is 22.4 Å². The monoisotopic (exact) mass is 411 g/mol. The van der Waals surface area contributed by atoms with Crippen LogP contribution in [0.5, 0.6) is 0 Å². The van der Waals surface area contributed by atoms with Crippen molar-refractivity contribution < 1.29 is 13.5 Å². The van der Waals surface area contributed by atoms with Gasteiger partial charge in [0.25, 0.3) is 0 Å². The molecule has 2 aromatic carbocycles. The highest BCUT2D eigenvalue weighted by Crippen LogP contribution is 2.32. The number of piperidine rings is 1. The average Bonchev–Trinajstić information content (AvgIpc) is 2.73. The zero-order valence-corrected chi connectivity index (χ0v) is 17.2. The second-order valence-electron chi connectivity index (χ2n) is 7.56. The third kappa shape index (κ3) is 4.42. The number of pyridine rings is 1. The molecule has 2 heterocycles. The van der Waals surface area contributed by atoms with E-state index in [1.54, 1.807) is 10.5 Å². The van der Waals surface area contributed by atoms with Crippen molar-refractivity contribution in [3.8, 4) is 11.1 Å². The van der Waals surface area contributed by atoms with Crippen molar-refractivity contribution in [2.45, 2.75) is 25.5 Å². The van der Waals surface area contributed by atoms with Gasteiger partial charge in [0.1, 0.15) is 0 Å². The van der Waals surface area contributed by atoms with Crippen LogP contribution in [-0.4, -0.2) is 48.2 Å². The zero-order valence-electron chi connectivity index (χ0n) is 16.4. The smallest absolute Gasteiger partial charge is 0.211 e. The van der Waals surface area contributed by atoms with Gasteiger partial charge in [-0.3, -0.25) is 4.98 Å². The Hall–Kier alpha value is -2.48. The summed E-state index contributed by atoms with van der Waals surface area (Å²) in [4.78, 5) is 4.28. The number of hydrogen-bond donors (Lipinski definition) is 2. The van der Waals surface area contributed by atoms with E-state index in [9.17, 15) is 13.5 Å². The van der Waals surface area contributed by atoms with Gasteiger partial charge in [-0.25, -0.2) is 12.7 Å². The van der Waals surface area contributed by atoms with E-state index >= 15 is 0 Å². The van der Waals surface area contributed by atoms with Crippen LogP contribution in [0, 0.1) is 0 Å². The summed E-state index contributed by atoms with van der Waals surface area (Å²) in [6, 6.07) is 14.3. The van der Waals surface area contributed by atoms with Crippen molar-refractivity contribution in [2.24, 2.45) is 0 Å². The van der Waals surface area contributed by atoms with E-state index in [1.165, 1.54) is 6.26 Å². The Bertz CT molecular complexity index is 1120. The van der Waals surface area contributed by atoms with Crippen LogP contribution in [0.4, 0.5) is 5.69 Å². The lowest BCUT2D eigenvalue weighted by Gasteiger charge is -2.31. The summed E-state index contributed by atoms with van der Waals surface area (Å²) in [6.07, 6.45) is 6.43. The van der Waals surface area contributed by atoms with Crippen LogP contribution < -0.4 is 5.32 Å². The van der Waals surface area contributed by atoms with Crippen molar-refractivity contribution in [3.05, 3.63) is 60.4 Å². The predicted octanol–water partition coefficient (Wildman–Crippen LogP) is 3.23. The number of hydrogen-bond acceptors (Lipinski definition) is 5. The van der Waals surface area contributed by atoms with Crippen molar-refractivity contribution >= 4 is 26.5 Å². The molecule has 7 heteroatoms. The highest BCUT2D eigenvalue weighted by atomic mass is 32.2. The molecule has 2 N–H and O–H groups in total. The van der Waals surface area contributed by atoms with Gasteiger partial charge in [-0.1, -0.05) is 18.2 Å². The van der Waals surface area contributed by atoms with E-state index in [1.807, 2.05) is 36.5 Å². The zero-order chi connectivity index (χ0) is 20.4. The second-order valence-corrected chi connectivity index (χ2v) is 9.54. The number of benzene rings is 2. The number of aliphatic hydroxyl groups excluding tert-OH is 1. The van der Waals surface area contributed by atoms with Crippen molar-refractivity contribution in [1.29, 1.82) is 0 Å². The molecule has 0 bridgehead atoms. The van der Waals surface area contributed by atoms with Gasteiger partial charge in [0.15, 0.2) is 0 Å². The van der Waals surface area contributed by atoms with Crippen molar-refractivity contribution in [2.75, 3.05) is 24.7 Å². The second kappa shape index (κ2) is 8.10. The molecule has 1 aromatic heterocycles. The number of sulfonamides is 1. The minimum Gasteiger partial charge on any atom is -0.392 e. The molecule has 0 saturated carbocycles. The van der Waals surface area contributed by atoms with Crippen molar-refractivity contribution in [1.82, 2.24) is 9.29 Å². The van der Waals surface area contributed by atoms with Crippen LogP contribution in [0.15, 0.2) is 54.9 Å². The summed E-state index contributed by atoms with van der Waals surface area (Å²) >= 11 is 0. The molecule has 4 rings (SSSR count). The summed E-state index contributed by atoms with van der Waals surface area (Å²) in [5, 5.41) is 15.2. The fourth-order valence-electron chi connectivity index (χ4n) is 3.89. The average molecular weight is 412 g/mol. The molecule has 152 valence electrons. The number of nitrogens with one attached hydrogen (secondary N) is 1. The molecule has 0 atom stereocenters. The van der Waals surface area contributed by atoms with Gasteiger partial charge in [0.2, 0.25) is 10.0 Å². The first-order chi connectivity index (χ1) is 13.9. The minimum absolute atomic E-state index is 0.00928. The molecule has 0 unspecified atom stereocenters. The number of rotatable bonds is 5. The molecule has 0 spiro atoms. The molecule has 1 aliphatic heterocycles.